The quantitative estimate of drug-likeness (QED) is 0.811. The molecule has 1 heterocycles. The highest BCUT2D eigenvalue weighted by Gasteiger charge is 2.25. The molecule has 0 amide bonds. The van der Waals surface area contributed by atoms with E-state index in [0.717, 1.165) is 12.6 Å². The molecule has 1 aromatic heterocycles. The van der Waals surface area contributed by atoms with Gasteiger partial charge >= 0.3 is 0 Å². The van der Waals surface area contributed by atoms with E-state index in [1.165, 1.54) is 12.8 Å². The highest BCUT2D eigenvalue weighted by molar-refractivity contribution is 5.39. The van der Waals surface area contributed by atoms with E-state index in [1.54, 1.807) is 12.3 Å². The first kappa shape index (κ1) is 16.2. The van der Waals surface area contributed by atoms with Gasteiger partial charge < -0.3 is 15.5 Å². The Labute approximate surface area is 127 Å². The van der Waals surface area contributed by atoms with Crippen LogP contribution in [0.15, 0.2) is 12.3 Å². The van der Waals surface area contributed by atoms with Gasteiger partial charge in [-0.15, -0.1) is 0 Å². The Morgan fingerprint density at radius 2 is 2.10 bits per heavy atom. The van der Waals surface area contributed by atoms with Crippen molar-refractivity contribution in [1.82, 2.24) is 15.2 Å². The molecule has 0 atom stereocenters. The summed E-state index contributed by atoms with van der Waals surface area (Å²) >= 11 is 0. The highest BCUT2D eigenvalue weighted by atomic mass is 19.1. The van der Waals surface area contributed by atoms with Crippen LogP contribution in [0, 0.1) is 5.82 Å². The molecule has 0 aromatic carbocycles. The number of rotatable bonds is 7. The van der Waals surface area contributed by atoms with Crippen molar-refractivity contribution in [3.63, 3.8) is 0 Å². The molecule has 1 saturated carbocycles. The van der Waals surface area contributed by atoms with Crippen LogP contribution in [0.4, 0.5) is 10.2 Å². The molecule has 0 spiro atoms. The lowest BCUT2D eigenvalue weighted by Gasteiger charge is -2.21. The number of aromatic nitrogens is 1. The first-order chi connectivity index (χ1) is 9.87. The molecule has 0 aliphatic heterocycles. The second kappa shape index (κ2) is 6.71. The molecule has 1 aliphatic rings. The van der Waals surface area contributed by atoms with Crippen molar-refractivity contribution in [2.24, 2.45) is 0 Å². The number of anilines is 1. The molecular formula is C16H27FN4. The molecule has 5 heteroatoms. The summed E-state index contributed by atoms with van der Waals surface area (Å²) in [5.74, 6) is 0.107. The van der Waals surface area contributed by atoms with Crippen LogP contribution in [0.5, 0.6) is 0 Å². The minimum atomic E-state index is -0.247. The second-order valence-corrected chi connectivity index (χ2v) is 6.87. The predicted octanol–water partition coefficient (Wildman–Crippen LogP) is 2.61. The summed E-state index contributed by atoms with van der Waals surface area (Å²) in [4.78, 5) is 6.42. The third kappa shape index (κ3) is 5.25. The number of halogens is 1. The molecule has 4 nitrogen and oxygen atoms in total. The van der Waals surface area contributed by atoms with Gasteiger partial charge in [0.05, 0.1) is 0 Å². The average Bonchev–Trinajstić information content (AvgIpc) is 3.22. The van der Waals surface area contributed by atoms with Crippen LogP contribution >= 0.6 is 0 Å². The minimum absolute atomic E-state index is 0.0315. The van der Waals surface area contributed by atoms with Gasteiger partial charge in [0.15, 0.2) is 11.6 Å². The number of nitrogens with zero attached hydrogens (tertiary/aromatic N) is 2. The van der Waals surface area contributed by atoms with Crippen molar-refractivity contribution < 1.29 is 4.39 Å². The van der Waals surface area contributed by atoms with Crippen LogP contribution in [0.25, 0.3) is 0 Å². The molecule has 2 N–H and O–H groups in total. The summed E-state index contributed by atoms with van der Waals surface area (Å²) in [7, 11) is 2.12. The van der Waals surface area contributed by atoms with Gasteiger partial charge in [0.2, 0.25) is 0 Å². The summed E-state index contributed by atoms with van der Waals surface area (Å²) < 4.78 is 14.4. The second-order valence-electron chi connectivity index (χ2n) is 6.87. The average molecular weight is 294 g/mol. The molecule has 0 saturated heterocycles. The number of nitrogens with one attached hydrogen (secondary N) is 2. The maximum atomic E-state index is 14.4. The SMILES string of the molecule is CN(CCNc1nccc(CNC(C)(C)C)c1F)C1CC1. The molecule has 1 aliphatic carbocycles. The Hall–Kier alpha value is -1.20. The number of hydrogen-bond donors (Lipinski definition) is 2. The van der Waals surface area contributed by atoms with Crippen molar-refractivity contribution in [2.45, 2.75) is 51.7 Å². The largest absolute Gasteiger partial charge is 0.366 e. The maximum absolute atomic E-state index is 14.4. The van der Waals surface area contributed by atoms with E-state index in [4.69, 9.17) is 0 Å². The Kier molecular flexibility index (Phi) is 5.17. The Balaban J connectivity index is 1.87. The van der Waals surface area contributed by atoms with Crippen LogP contribution in [0.3, 0.4) is 0 Å². The van der Waals surface area contributed by atoms with E-state index in [0.29, 0.717) is 24.5 Å². The van der Waals surface area contributed by atoms with Crippen molar-refractivity contribution >= 4 is 5.82 Å². The molecule has 21 heavy (non-hydrogen) atoms. The molecule has 0 bridgehead atoms. The van der Waals surface area contributed by atoms with Crippen LogP contribution in [-0.2, 0) is 6.54 Å². The van der Waals surface area contributed by atoms with Gasteiger partial charge in [-0.1, -0.05) is 0 Å². The highest BCUT2D eigenvalue weighted by Crippen LogP contribution is 2.24. The van der Waals surface area contributed by atoms with Crippen molar-refractivity contribution in [1.29, 1.82) is 0 Å². The Morgan fingerprint density at radius 3 is 2.71 bits per heavy atom. The lowest BCUT2D eigenvalue weighted by atomic mass is 10.1. The molecule has 2 rings (SSSR count). The standard InChI is InChI=1S/C16H27FN4/c1-16(2,3)20-11-12-7-8-18-15(14(12)17)19-9-10-21(4)13-5-6-13/h7-8,13,20H,5-6,9-11H2,1-4H3,(H,18,19). The van der Waals surface area contributed by atoms with Crippen LogP contribution in [0.1, 0.15) is 39.2 Å². The van der Waals surface area contributed by atoms with Crippen molar-refractivity contribution in [3.8, 4) is 0 Å². The zero-order chi connectivity index (χ0) is 15.5. The maximum Gasteiger partial charge on any atom is 0.169 e. The Bertz CT molecular complexity index is 466. The number of hydrogen-bond acceptors (Lipinski definition) is 4. The van der Waals surface area contributed by atoms with Crippen LogP contribution in [0.2, 0.25) is 0 Å². The van der Waals surface area contributed by atoms with E-state index in [-0.39, 0.29) is 11.4 Å². The smallest absolute Gasteiger partial charge is 0.169 e. The van der Waals surface area contributed by atoms with E-state index in [2.05, 4.69) is 48.3 Å². The summed E-state index contributed by atoms with van der Waals surface area (Å²) in [6.07, 6.45) is 4.24. The van der Waals surface area contributed by atoms with E-state index in [1.807, 2.05) is 0 Å². The molecule has 1 fully saturated rings. The van der Waals surface area contributed by atoms with Crippen LogP contribution in [-0.4, -0.2) is 41.6 Å². The lowest BCUT2D eigenvalue weighted by Crippen LogP contribution is -2.35. The molecule has 1 aromatic rings. The third-order valence-corrected chi connectivity index (χ3v) is 3.71. The number of pyridine rings is 1. The summed E-state index contributed by atoms with van der Waals surface area (Å²) in [6.45, 7) is 8.34. The first-order valence-corrected chi connectivity index (χ1v) is 7.69. The first-order valence-electron chi connectivity index (χ1n) is 7.69. The van der Waals surface area contributed by atoms with E-state index < -0.39 is 0 Å². The van der Waals surface area contributed by atoms with Gasteiger partial charge in [0, 0.05) is 43.0 Å². The zero-order valence-corrected chi connectivity index (χ0v) is 13.5. The van der Waals surface area contributed by atoms with E-state index in [9.17, 15) is 4.39 Å². The van der Waals surface area contributed by atoms with Gasteiger partial charge in [0.25, 0.3) is 0 Å². The third-order valence-electron chi connectivity index (χ3n) is 3.71. The summed E-state index contributed by atoms with van der Waals surface area (Å²) in [5.41, 5.74) is 0.619. The van der Waals surface area contributed by atoms with Gasteiger partial charge in [-0.3, -0.25) is 0 Å². The molecule has 118 valence electrons. The summed E-state index contributed by atoms with van der Waals surface area (Å²) in [6, 6.07) is 2.46. The van der Waals surface area contributed by atoms with Crippen molar-refractivity contribution in [2.75, 3.05) is 25.5 Å². The van der Waals surface area contributed by atoms with E-state index >= 15 is 0 Å². The van der Waals surface area contributed by atoms with Crippen molar-refractivity contribution in [3.05, 3.63) is 23.6 Å². The molecular weight excluding hydrogens is 267 g/mol. The predicted molar refractivity (Wildman–Crippen MR) is 84.9 cm³/mol. The molecule has 0 radical (unpaired) electrons. The van der Waals surface area contributed by atoms with Gasteiger partial charge in [0.1, 0.15) is 0 Å². The van der Waals surface area contributed by atoms with Gasteiger partial charge in [-0.25, -0.2) is 9.37 Å². The fourth-order valence-electron chi connectivity index (χ4n) is 2.15. The van der Waals surface area contributed by atoms with Gasteiger partial charge in [-0.05, 0) is 46.7 Å². The fourth-order valence-corrected chi connectivity index (χ4v) is 2.15. The number of likely N-dealkylation sites (N-methyl/N-ethyl adjacent to an activating group) is 1. The lowest BCUT2D eigenvalue weighted by molar-refractivity contribution is 0.337. The minimum Gasteiger partial charge on any atom is -0.366 e. The zero-order valence-electron chi connectivity index (χ0n) is 13.5. The monoisotopic (exact) mass is 294 g/mol. The molecule has 0 unspecified atom stereocenters. The topological polar surface area (TPSA) is 40.2 Å². The normalized spacial score (nSPS) is 15.5. The van der Waals surface area contributed by atoms with Crippen LogP contribution < -0.4 is 10.6 Å². The Morgan fingerprint density at radius 1 is 1.38 bits per heavy atom. The fraction of sp³-hybridized carbons (Fsp3) is 0.688. The van der Waals surface area contributed by atoms with Gasteiger partial charge in [-0.2, -0.15) is 0 Å². The summed E-state index contributed by atoms with van der Waals surface area (Å²) in [5, 5.41) is 6.41.